The molecule has 0 unspecified atom stereocenters. The molecule has 0 saturated heterocycles. The molecular formula is C24H28N4O2S. The number of pyridine rings is 1. The Labute approximate surface area is 188 Å². The molecule has 0 aliphatic heterocycles. The highest BCUT2D eigenvalue weighted by Crippen LogP contribution is 2.27. The number of anilines is 1. The highest BCUT2D eigenvalue weighted by molar-refractivity contribution is 8.00. The highest BCUT2D eigenvalue weighted by Gasteiger charge is 2.20. The van der Waals surface area contributed by atoms with Crippen molar-refractivity contribution in [2.45, 2.75) is 51.0 Å². The van der Waals surface area contributed by atoms with Gasteiger partial charge < -0.3 is 10.2 Å². The molecule has 0 bridgehead atoms. The van der Waals surface area contributed by atoms with Crippen molar-refractivity contribution in [1.29, 1.82) is 5.26 Å². The van der Waals surface area contributed by atoms with Gasteiger partial charge in [0.15, 0.2) is 0 Å². The lowest BCUT2D eigenvalue weighted by Gasteiger charge is -2.22. The number of carbonyl (C=O) groups excluding carboxylic acids is 2. The summed E-state index contributed by atoms with van der Waals surface area (Å²) in [6, 6.07) is 11.7. The second-order valence-corrected chi connectivity index (χ2v) is 8.70. The first kappa shape index (κ1) is 22.8. The van der Waals surface area contributed by atoms with Crippen LogP contribution in [0.15, 0.2) is 35.4 Å². The summed E-state index contributed by atoms with van der Waals surface area (Å²) in [5, 5.41) is 13.0. The first-order valence-electron chi connectivity index (χ1n) is 10.7. The fraction of sp³-hybridized carbons (Fsp3) is 0.417. The van der Waals surface area contributed by atoms with Crippen molar-refractivity contribution in [2.75, 3.05) is 24.2 Å². The lowest BCUT2D eigenvalue weighted by Crippen LogP contribution is -2.39. The number of nitrogens with one attached hydrogen (secondary N) is 1. The Hall–Kier alpha value is -2.85. The van der Waals surface area contributed by atoms with E-state index in [-0.39, 0.29) is 24.1 Å². The maximum absolute atomic E-state index is 12.9. The maximum Gasteiger partial charge on any atom is 0.244 e. The van der Waals surface area contributed by atoms with Crippen LogP contribution in [0.2, 0.25) is 0 Å². The molecule has 3 rings (SSSR count). The van der Waals surface area contributed by atoms with E-state index in [9.17, 15) is 14.9 Å². The first-order valence-corrected chi connectivity index (χ1v) is 11.7. The monoisotopic (exact) mass is 436 g/mol. The van der Waals surface area contributed by atoms with E-state index in [0.29, 0.717) is 17.1 Å². The van der Waals surface area contributed by atoms with Crippen molar-refractivity contribution >= 4 is 29.3 Å². The summed E-state index contributed by atoms with van der Waals surface area (Å²) in [6.07, 6.45) is 4.87. The second kappa shape index (κ2) is 11.0. The molecule has 31 heavy (non-hydrogen) atoms. The number of fused-ring (bicyclic) bond motifs is 1. The number of benzene rings is 1. The largest absolute Gasteiger partial charge is 0.333 e. The summed E-state index contributed by atoms with van der Waals surface area (Å²) in [5.74, 6) is -0.195. The Bertz CT molecular complexity index is 1000. The van der Waals surface area contributed by atoms with Crippen LogP contribution in [0.1, 0.15) is 48.6 Å². The van der Waals surface area contributed by atoms with Crippen molar-refractivity contribution in [3.63, 3.8) is 0 Å². The van der Waals surface area contributed by atoms with E-state index < -0.39 is 0 Å². The van der Waals surface area contributed by atoms with Gasteiger partial charge in [0.05, 0.1) is 17.9 Å². The first-order chi connectivity index (χ1) is 15.0. The molecule has 6 nitrogen and oxygen atoms in total. The van der Waals surface area contributed by atoms with Gasteiger partial charge in [0, 0.05) is 17.9 Å². The number of rotatable bonds is 8. The quantitative estimate of drug-likeness (QED) is 0.630. The molecule has 2 aromatic rings. The molecule has 162 valence electrons. The number of para-hydroxylation sites is 1. The fourth-order valence-electron chi connectivity index (χ4n) is 3.66. The van der Waals surface area contributed by atoms with Crippen LogP contribution in [0.5, 0.6) is 0 Å². The summed E-state index contributed by atoms with van der Waals surface area (Å²) in [5.41, 5.74) is 4.45. The minimum absolute atomic E-state index is 0.00426. The third-order valence-electron chi connectivity index (χ3n) is 5.32. The average Bonchev–Trinajstić information content (AvgIpc) is 2.78. The van der Waals surface area contributed by atoms with Crippen LogP contribution in [0, 0.1) is 18.3 Å². The molecule has 0 spiro atoms. The van der Waals surface area contributed by atoms with E-state index in [1.807, 2.05) is 44.2 Å². The number of aromatic nitrogens is 1. The third kappa shape index (κ3) is 6.08. The lowest BCUT2D eigenvalue weighted by atomic mass is 9.95. The van der Waals surface area contributed by atoms with Gasteiger partial charge in [0.1, 0.15) is 11.1 Å². The number of hydrogen-bond acceptors (Lipinski definition) is 5. The molecular weight excluding hydrogens is 408 g/mol. The number of nitriles is 1. The lowest BCUT2D eigenvalue weighted by molar-refractivity contribution is -0.132. The van der Waals surface area contributed by atoms with Gasteiger partial charge in [-0.1, -0.05) is 36.9 Å². The van der Waals surface area contributed by atoms with Gasteiger partial charge in [0.2, 0.25) is 11.8 Å². The Balaban J connectivity index is 1.64. The molecule has 1 aromatic heterocycles. The average molecular weight is 437 g/mol. The fourth-order valence-corrected chi connectivity index (χ4v) is 4.54. The number of thioether (sulfide) groups is 1. The van der Waals surface area contributed by atoms with Crippen LogP contribution in [-0.2, 0) is 22.4 Å². The normalized spacial score (nSPS) is 12.5. The van der Waals surface area contributed by atoms with Gasteiger partial charge in [-0.2, -0.15) is 5.26 Å². The van der Waals surface area contributed by atoms with Crippen LogP contribution in [-0.4, -0.2) is 40.5 Å². The number of carbonyl (C=O) groups is 2. The van der Waals surface area contributed by atoms with Crippen molar-refractivity contribution < 1.29 is 9.59 Å². The van der Waals surface area contributed by atoms with Crippen molar-refractivity contribution in [2.24, 2.45) is 0 Å². The zero-order chi connectivity index (χ0) is 22.2. The number of aryl methyl sites for hydroxylation is 3. The Morgan fingerprint density at radius 3 is 2.77 bits per heavy atom. The molecule has 0 saturated carbocycles. The van der Waals surface area contributed by atoms with Crippen LogP contribution >= 0.6 is 11.8 Å². The van der Waals surface area contributed by atoms with Gasteiger partial charge in [0.25, 0.3) is 0 Å². The van der Waals surface area contributed by atoms with Gasteiger partial charge in [-0.15, -0.1) is 0 Å². The van der Waals surface area contributed by atoms with Crippen molar-refractivity contribution in [3.05, 3.63) is 52.7 Å². The Morgan fingerprint density at radius 1 is 1.26 bits per heavy atom. The summed E-state index contributed by atoms with van der Waals surface area (Å²) < 4.78 is 0. The zero-order valence-corrected chi connectivity index (χ0v) is 18.9. The molecule has 0 fully saturated rings. The van der Waals surface area contributed by atoms with E-state index >= 15 is 0 Å². The molecule has 0 atom stereocenters. The minimum atomic E-state index is -0.217. The van der Waals surface area contributed by atoms with Gasteiger partial charge in [-0.05, 0) is 62.3 Å². The SMILES string of the molecule is CCCN(CC(=O)Nc1ccccc1C)C(=O)CSc1nc2c(cc1C#N)CCCC2. The maximum atomic E-state index is 12.9. The Kier molecular flexibility index (Phi) is 8.07. The highest BCUT2D eigenvalue weighted by atomic mass is 32.2. The van der Waals surface area contributed by atoms with Gasteiger partial charge in [-0.25, -0.2) is 4.98 Å². The van der Waals surface area contributed by atoms with E-state index in [2.05, 4.69) is 16.4 Å². The minimum Gasteiger partial charge on any atom is -0.333 e. The predicted molar refractivity (Wildman–Crippen MR) is 123 cm³/mol. The summed E-state index contributed by atoms with van der Waals surface area (Å²) in [4.78, 5) is 31.6. The third-order valence-corrected chi connectivity index (χ3v) is 6.29. The smallest absolute Gasteiger partial charge is 0.244 e. The molecule has 1 N–H and O–H groups in total. The van der Waals surface area contributed by atoms with E-state index in [0.717, 1.165) is 54.6 Å². The molecule has 1 heterocycles. The topological polar surface area (TPSA) is 86.1 Å². The molecule has 1 aliphatic carbocycles. The number of amides is 2. The standard InChI is InChI=1S/C24H28N4O2S/c1-3-12-28(15-22(29)26-20-10-6-4-8-17(20)2)23(30)16-31-24-19(14-25)13-18-9-5-7-11-21(18)27-24/h4,6,8,10,13H,3,5,7,9,11-12,15-16H2,1-2H3,(H,26,29). The van der Waals surface area contributed by atoms with Crippen LogP contribution in [0.3, 0.4) is 0 Å². The molecule has 1 aliphatic rings. The Morgan fingerprint density at radius 2 is 2.03 bits per heavy atom. The van der Waals surface area contributed by atoms with Crippen LogP contribution in [0.25, 0.3) is 0 Å². The molecule has 0 radical (unpaired) electrons. The predicted octanol–water partition coefficient (Wildman–Crippen LogP) is 4.11. The molecule has 1 aromatic carbocycles. The summed E-state index contributed by atoms with van der Waals surface area (Å²) >= 11 is 1.28. The van der Waals surface area contributed by atoms with E-state index in [1.54, 1.807) is 4.90 Å². The van der Waals surface area contributed by atoms with Gasteiger partial charge in [-0.3, -0.25) is 9.59 Å². The summed E-state index contributed by atoms with van der Waals surface area (Å²) in [6.45, 7) is 4.42. The van der Waals surface area contributed by atoms with E-state index in [4.69, 9.17) is 0 Å². The number of nitrogens with zero attached hydrogens (tertiary/aromatic N) is 3. The molecule has 2 amide bonds. The summed E-state index contributed by atoms with van der Waals surface area (Å²) in [7, 11) is 0. The molecule has 7 heteroatoms. The van der Waals surface area contributed by atoms with Crippen molar-refractivity contribution in [3.8, 4) is 6.07 Å². The number of hydrogen-bond donors (Lipinski definition) is 1. The van der Waals surface area contributed by atoms with Crippen LogP contribution in [0.4, 0.5) is 5.69 Å². The van der Waals surface area contributed by atoms with E-state index in [1.165, 1.54) is 11.8 Å². The zero-order valence-electron chi connectivity index (χ0n) is 18.1. The van der Waals surface area contributed by atoms with Crippen molar-refractivity contribution in [1.82, 2.24) is 9.88 Å². The second-order valence-electron chi connectivity index (χ2n) is 7.73. The van der Waals surface area contributed by atoms with Crippen LogP contribution < -0.4 is 5.32 Å². The van der Waals surface area contributed by atoms with Gasteiger partial charge >= 0.3 is 0 Å².